The fourth-order valence-electron chi connectivity index (χ4n) is 4.36. The van der Waals surface area contributed by atoms with Crippen LogP contribution in [0.3, 0.4) is 0 Å². The molecule has 3 aliphatic rings. The van der Waals surface area contributed by atoms with Gasteiger partial charge in [-0.2, -0.15) is 4.98 Å². The van der Waals surface area contributed by atoms with Crippen LogP contribution < -0.4 is 16.6 Å². The van der Waals surface area contributed by atoms with Crippen LogP contribution in [-0.2, 0) is 6.54 Å². The Morgan fingerprint density at radius 1 is 1.09 bits per heavy atom. The number of likely N-dealkylation sites (N-methyl/N-ethyl adjacent to an activating group) is 1. The Morgan fingerprint density at radius 2 is 1.83 bits per heavy atom. The number of aromatic nitrogens is 4. The molecule has 0 radical (unpaired) electrons. The summed E-state index contributed by atoms with van der Waals surface area (Å²) in [5.74, 6) is 0.101. The van der Waals surface area contributed by atoms with Crippen molar-refractivity contribution in [2.75, 3.05) is 58.2 Å². The highest BCUT2D eigenvalue weighted by Crippen LogP contribution is 2.27. The van der Waals surface area contributed by atoms with E-state index in [0.717, 1.165) is 50.5 Å². The zero-order valence-electron chi connectivity index (χ0n) is 20.1. The van der Waals surface area contributed by atoms with Crippen LogP contribution in [0.1, 0.15) is 12.0 Å². The Labute approximate surface area is 202 Å². The number of hydrogen-bond donors (Lipinski definition) is 5. The molecule has 2 unspecified atom stereocenters. The minimum atomic E-state index is -1.30. The van der Waals surface area contributed by atoms with E-state index in [1.807, 2.05) is 19.1 Å². The van der Waals surface area contributed by atoms with Crippen molar-refractivity contribution in [3.8, 4) is 11.5 Å². The Bertz CT molecular complexity index is 1250. The predicted octanol–water partition coefficient (Wildman–Crippen LogP) is -1.34. The first-order valence-electron chi connectivity index (χ1n) is 11.8. The van der Waals surface area contributed by atoms with Gasteiger partial charge in [-0.05, 0) is 38.1 Å². The van der Waals surface area contributed by atoms with Gasteiger partial charge >= 0.3 is 5.69 Å². The Kier molecular flexibility index (Phi) is 7.77. The molecule has 5 N–H and O–H groups in total. The lowest BCUT2D eigenvalue weighted by Crippen LogP contribution is -2.45. The lowest BCUT2D eigenvalue weighted by molar-refractivity contribution is -0.0191. The highest BCUT2D eigenvalue weighted by atomic mass is 16.4. The quantitative estimate of drug-likeness (QED) is 0.229. The van der Waals surface area contributed by atoms with Crippen LogP contribution >= 0.6 is 0 Å². The normalized spacial score (nSPS) is 17.2. The third kappa shape index (κ3) is 5.68. The number of anilines is 1. The molecule has 1 aromatic carbocycles. The number of aromatic amines is 1. The van der Waals surface area contributed by atoms with Gasteiger partial charge in [-0.15, -0.1) is 0 Å². The van der Waals surface area contributed by atoms with Gasteiger partial charge in [0.05, 0.1) is 23.7 Å². The summed E-state index contributed by atoms with van der Waals surface area (Å²) in [6, 6.07) is 3.77. The monoisotopic (exact) mass is 487 g/mol. The zero-order valence-corrected chi connectivity index (χ0v) is 20.1. The maximum Gasteiger partial charge on any atom is 0.349 e. The van der Waals surface area contributed by atoms with E-state index in [-0.39, 0.29) is 24.5 Å². The number of aliphatic hydroxyl groups is 3. The van der Waals surface area contributed by atoms with E-state index in [9.17, 15) is 19.8 Å². The van der Waals surface area contributed by atoms with E-state index >= 15 is 0 Å². The summed E-state index contributed by atoms with van der Waals surface area (Å²) in [5.41, 5.74) is 1.62. The Morgan fingerprint density at radius 3 is 2.54 bits per heavy atom. The van der Waals surface area contributed by atoms with E-state index in [0.29, 0.717) is 11.0 Å². The number of benzene rings is 1. The van der Waals surface area contributed by atoms with Crippen LogP contribution in [0.2, 0.25) is 0 Å². The number of hydrogen-bond acceptors (Lipinski definition) is 10. The third-order valence-electron chi connectivity index (χ3n) is 6.57. The number of fused-ring (bicyclic) bond motifs is 2. The first-order valence-corrected chi connectivity index (χ1v) is 11.8. The molecule has 2 atom stereocenters. The summed E-state index contributed by atoms with van der Waals surface area (Å²) in [6.07, 6.45) is -2.41. The first-order chi connectivity index (χ1) is 16.8. The molecule has 1 aromatic rings. The Hall–Kier alpha value is -2.90. The maximum atomic E-state index is 12.4. The van der Waals surface area contributed by atoms with E-state index < -0.39 is 30.1 Å². The number of aryl methyl sites for hydroxylation is 2. The third-order valence-corrected chi connectivity index (χ3v) is 6.57. The smallest absolute Gasteiger partial charge is 0.349 e. The molecule has 0 saturated carbocycles. The Balaban J connectivity index is 1.67. The highest BCUT2D eigenvalue weighted by molar-refractivity contribution is 5.84. The van der Waals surface area contributed by atoms with E-state index in [4.69, 9.17) is 5.11 Å². The standard InChI is InChI=1S/C23H33N7O5/c1-14-11-16-17(12-15(14)24-4-6-29-9-7-28(2)8-10-29)30(5-3-18(32)19(33)13-31)21-20(25-16)22(34)27-23(35)26-21/h11-12,18-19,24,31-33H,3-10,13H2,1-2H3,(H,27,34,35). The zero-order chi connectivity index (χ0) is 25.1. The van der Waals surface area contributed by atoms with E-state index in [2.05, 4.69) is 37.1 Å². The van der Waals surface area contributed by atoms with Crippen molar-refractivity contribution in [3.63, 3.8) is 0 Å². The lowest BCUT2D eigenvalue weighted by Gasteiger charge is -2.32. The number of H-pyrrole nitrogens is 1. The van der Waals surface area contributed by atoms with E-state index in [1.165, 1.54) is 0 Å². The highest BCUT2D eigenvalue weighted by Gasteiger charge is 2.22. The van der Waals surface area contributed by atoms with Crippen molar-refractivity contribution in [3.05, 3.63) is 38.5 Å². The SMILES string of the molecule is Cc1cc2nc3c(=O)[nH]c(=O)nc-3n(CCC(O)C(O)CO)c2cc1NCCN1CCN(C)CC1. The van der Waals surface area contributed by atoms with Gasteiger partial charge in [-0.1, -0.05) is 0 Å². The lowest BCUT2D eigenvalue weighted by atomic mass is 10.1. The molecule has 4 rings (SSSR count). The predicted molar refractivity (Wildman–Crippen MR) is 132 cm³/mol. The van der Waals surface area contributed by atoms with Gasteiger partial charge in [0.15, 0.2) is 11.5 Å². The van der Waals surface area contributed by atoms with Crippen molar-refractivity contribution in [2.24, 2.45) is 0 Å². The number of piperazine rings is 1. The summed E-state index contributed by atoms with van der Waals surface area (Å²) < 4.78 is 1.66. The van der Waals surface area contributed by atoms with Gasteiger partial charge in [-0.3, -0.25) is 14.7 Å². The van der Waals surface area contributed by atoms with Crippen LogP contribution in [0.5, 0.6) is 0 Å². The molecule has 3 aliphatic heterocycles. The molecule has 0 bridgehead atoms. The average molecular weight is 488 g/mol. The number of aliphatic hydroxyl groups excluding tert-OH is 3. The number of rotatable bonds is 9. The molecule has 190 valence electrons. The van der Waals surface area contributed by atoms with Crippen molar-refractivity contribution in [2.45, 2.75) is 32.1 Å². The van der Waals surface area contributed by atoms with Gasteiger partial charge in [0, 0.05) is 51.5 Å². The molecular weight excluding hydrogens is 454 g/mol. The van der Waals surface area contributed by atoms with Crippen LogP contribution in [-0.4, -0.2) is 110 Å². The van der Waals surface area contributed by atoms with Crippen LogP contribution in [0, 0.1) is 6.92 Å². The van der Waals surface area contributed by atoms with Crippen LogP contribution in [0.25, 0.3) is 22.6 Å². The topological polar surface area (TPSA) is 160 Å². The molecular formula is C23H33N7O5. The fourth-order valence-corrected chi connectivity index (χ4v) is 4.36. The second-order valence-electron chi connectivity index (χ2n) is 9.14. The maximum absolute atomic E-state index is 12.4. The fraction of sp³-hybridized carbons (Fsp3) is 0.565. The van der Waals surface area contributed by atoms with Crippen LogP contribution in [0.4, 0.5) is 5.69 Å². The average Bonchev–Trinajstić information content (AvgIpc) is 2.83. The summed E-state index contributed by atoms with van der Waals surface area (Å²) in [4.78, 5) is 39.7. The van der Waals surface area contributed by atoms with Gasteiger partial charge in [-0.25, -0.2) is 9.78 Å². The van der Waals surface area contributed by atoms with Gasteiger partial charge in [0.25, 0.3) is 5.56 Å². The van der Waals surface area contributed by atoms with Gasteiger partial charge in [0.2, 0.25) is 0 Å². The summed E-state index contributed by atoms with van der Waals surface area (Å²) in [7, 11) is 2.13. The molecule has 0 aromatic heterocycles. The first kappa shape index (κ1) is 25.2. The summed E-state index contributed by atoms with van der Waals surface area (Å²) in [5, 5.41) is 32.6. The van der Waals surface area contributed by atoms with Crippen molar-refractivity contribution in [1.82, 2.24) is 29.3 Å². The summed E-state index contributed by atoms with van der Waals surface area (Å²) in [6.45, 7) is 7.36. The molecule has 3 heterocycles. The van der Waals surface area contributed by atoms with Crippen molar-refractivity contribution < 1.29 is 15.3 Å². The molecule has 0 aliphatic carbocycles. The van der Waals surface area contributed by atoms with E-state index in [1.54, 1.807) is 4.57 Å². The molecule has 0 spiro atoms. The number of nitrogens with zero attached hydrogens (tertiary/aromatic N) is 5. The minimum absolute atomic E-state index is 0.0180. The summed E-state index contributed by atoms with van der Waals surface area (Å²) >= 11 is 0. The molecule has 12 nitrogen and oxygen atoms in total. The molecule has 0 amide bonds. The second kappa shape index (κ2) is 10.8. The second-order valence-corrected chi connectivity index (χ2v) is 9.14. The largest absolute Gasteiger partial charge is 0.394 e. The molecule has 12 heteroatoms. The molecule has 35 heavy (non-hydrogen) atoms. The number of nitrogens with one attached hydrogen (secondary N) is 2. The van der Waals surface area contributed by atoms with Gasteiger partial charge < -0.3 is 30.1 Å². The van der Waals surface area contributed by atoms with Crippen molar-refractivity contribution >= 4 is 16.7 Å². The van der Waals surface area contributed by atoms with Crippen LogP contribution in [0.15, 0.2) is 21.7 Å². The molecule has 1 saturated heterocycles. The minimum Gasteiger partial charge on any atom is -0.394 e. The van der Waals surface area contributed by atoms with Crippen molar-refractivity contribution in [1.29, 1.82) is 0 Å². The van der Waals surface area contributed by atoms with Gasteiger partial charge in [0.1, 0.15) is 6.10 Å². The molecule has 1 fully saturated rings.